The Hall–Kier alpha value is -1.17. The molecule has 107 valence electrons. The zero-order chi connectivity index (χ0) is 15.1. The molecule has 2 heterocycles. The fraction of sp³-hybridized carbons (Fsp3) is 0.200. The summed E-state index contributed by atoms with van der Waals surface area (Å²) in [6.07, 6.45) is 3.61. The molecular formula is C15H10BrClNO2S. The summed E-state index contributed by atoms with van der Waals surface area (Å²) >= 11 is 11.0. The number of nitrogens with zero attached hydrogens (tertiary/aromatic N) is 1. The van der Waals surface area contributed by atoms with Crippen molar-refractivity contribution >= 4 is 50.4 Å². The molecule has 3 nitrogen and oxygen atoms in total. The average Bonchev–Trinajstić information content (AvgIpc) is 3.01. The summed E-state index contributed by atoms with van der Waals surface area (Å²) in [5.74, 6) is 0.299. The van der Waals surface area contributed by atoms with Crippen LogP contribution in [0.25, 0.3) is 0 Å². The summed E-state index contributed by atoms with van der Waals surface area (Å²) in [7, 11) is 1.52. The first-order valence-electron chi connectivity index (χ1n) is 6.17. The van der Waals surface area contributed by atoms with Crippen LogP contribution in [0.3, 0.4) is 0 Å². The molecule has 0 atom stereocenters. The lowest BCUT2D eigenvalue weighted by Crippen LogP contribution is -2.18. The number of methoxy groups -OCH3 is 1. The number of allylic oxidation sites excluding steroid dienone is 5. The third-order valence-corrected chi connectivity index (χ3v) is 5.10. The molecule has 2 aliphatic rings. The number of Topliss-reactive ketones (excluding diaryl/α,β-unsaturated/α-hetero) is 1. The minimum atomic E-state index is -0.120. The van der Waals surface area contributed by atoms with E-state index in [1.54, 1.807) is 6.07 Å². The minimum absolute atomic E-state index is 0.120. The van der Waals surface area contributed by atoms with Gasteiger partial charge in [0.2, 0.25) is 5.78 Å². The number of carbonyl (C=O) groups excluding carboxylic acids is 1. The monoisotopic (exact) mass is 382 g/mol. The number of ether oxygens (including phenoxy) is 1. The third-order valence-electron chi connectivity index (χ3n) is 3.17. The molecule has 1 aliphatic carbocycles. The summed E-state index contributed by atoms with van der Waals surface area (Å²) in [5, 5.41) is 0.496. The molecule has 0 saturated carbocycles. The summed E-state index contributed by atoms with van der Waals surface area (Å²) in [6, 6.07) is 3.63. The molecule has 0 saturated heterocycles. The van der Waals surface area contributed by atoms with Crippen LogP contribution in [0.2, 0.25) is 0 Å². The van der Waals surface area contributed by atoms with E-state index in [0.717, 1.165) is 15.2 Å². The number of thiophene rings is 1. The van der Waals surface area contributed by atoms with Crippen LogP contribution in [0.4, 0.5) is 0 Å². The van der Waals surface area contributed by atoms with Crippen LogP contribution in [-0.4, -0.2) is 18.6 Å². The number of rotatable bonds is 3. The topological polar surface area (TPSA) is 38.7 Å². The molecule has 0 spiro atoms. The van der Waals surface area contributed by atoms with E-state index in [2.05, 4.69) is 27.0 Å². The molecular weight excluding hydrogens is 374 g/mol. The van der Waals surface area contributed by atoms with Gasteiger partial charge in [-0.05, 0) is 35.0 Å². The van der Waals surface area contributed by atoms with Crippen LogP contribution in [0, 0.1) is 6.08 Å². The average molecular weight is 384 g/mol. The summed E-state index contributed by atoms with van der Waals surface area (Å²) < 4.78 is 6.27. The maximum Gasteiger partial charge on any atom is 0.207 e. The van der Waals surface area contributed by atoms with Gasteiger partial charge in [0.15, 0.2) is 0 Å². The smallest absolute Gasteiger partial charge is 0.207 e. The third kappa shape index (κ3) is 2.54. The Morgan fingerprint density at radius 3 is 2.90 bits per heavy atom. The summed E-state index contributed by atoms with van der Waals surface area (Å²) in [5.41, 5.74) is 2.67. The highest BCUT2D eigenvalue weighted by atomic mass is 79.9. The fourth-order valence-corrected chi connectivity index (χ4v) is 3.97. The predicted octanol–water partition coefficient (Wildman–Crippen LogP) is 4.65. The Morgan fingerprint density at radius 1 is 1.52 bits per heavy atom. The van der Waals surface area contributed by atoms with Crippen LogP contribution in [0.15, 0.2) is 48.5 Å². The van der Waals surface area contributed by atoms with E-state index < -0.39 is 0 Å². The first kappa shape index (κ1) is 14.8. The molecule has 0 N–H and O–H groups in total. The second kappa shape index (κ2) is 5.55. The number of aliphatic imine (C=N–C) groups is 1. The molecule has 3 rings (SSSR count). The summed E-state index contributed by atoms with van der Waals surface area (Å²) in [6.45, 7) is 1.85. The van der Waals surface area contributed by atoms with Gasteiger partial charge in [0.05, 0.1) is 32.1 Å². The van der Waals surface area contributed by atoms with E-state index in [1.807, 2.05) is 13.0 Å². The van der Waals surface area contributed by atoms with E-state index in [9.17, 15) is 4.79 Å². The van der Waals surface area contributed by atoms with E-state index in [0.29, 0.717) is 33.2 Å². The number of halogens is 2. The Labute approximate surface area is 139 Å². The molecule has 21 heavy (non-hydrogen) atoms. The van der Waals surface area contributed by atoms with Crippen molar-refractivity contribution in [1.29, 1.82) is 0 Å². The number of ketones is 1. The van der Waals surface area contributed by atoms with Gasteiger partial charge in [0.1, 0.15) is 5.76 Å². The fourth-order valence-electron chi connectivity index (χ4n) is 2.34. The highest BCUT2D eigenvalue weighted by Gasteiger charge is 2.33. The molecule has 0 aromatic carbocycles. The summed E-state index contributed by atoms with van der Waals surface area (Å²) in [4.78, 5) is 17.8. The zero-order valence-electron chi connectivity index (χ0n) is 11.3. The van der Waals surface area contributed by atoms with E-state index >= 15 is 0 Å². The van der Waals surface area contributed by atoms with Crippen molar-refractivity contribution in [2.24, 2.45) is 4.99 Å². The molecule has 1 aromatic rings. The van der Waals surface area contributed by atoms with Crippen LogP contribution < -0.4 is 0 Å². The lowest BCUT2D eigenvalue weighted by atomic mass is 9.91. The molecule has 1 radical (unpaired) electrons. The van der Waals surface area contributed by atoms with Gasteiger partial charge in [-0.15, -0.1) is 11.3 Å². The highest BCUT2D eigenvalue weighted by molar-refractivity contribution is 9.11. The number of hydrogen-bond acceptors (Lipinski definition) is 4. The van der Waals surface area contributed by atoms with Crippen molar-refractivity contribution in [2.45, 2.75) is 13.3 Å². The van der Waals surface area contributed by atoms with Crippen molar-refractivity contribution < 1.29 is 9.53 Å². The molecule has 0 bridgehead atoms. The van der Waals surface area contributed by atoms with Gasteiger partial charge in [0.25, 0.3) is 0 Å². The molecule has 0 fully saturated rings. The van der Waals surface area contributed by atoms with Gasteiger partial charge in [-0.25, -0.2) is 0 Å². The van der Waals surface area contributed by atoms with Gasteiger partial charge in [-0.1, -0.05) is 11.6 Å². The van der Waals surface area contributed by atoms with Crippen molar-refractivity contribution in [1.82, 2.24) is 0 Å². The molecule has 1 aromatic heterocycles. The Morgan fingerprint density at radius 2 is 2.29 bits per heavy atom. The molecule has 1 aliphatic heterocycles. The molecule has 6 heteroatoms. The number of carbonyl (C=O) groups is 1. The first-order valence-corrected chi connectivity index (χ1v) is 8.16. The quantitative estimate of drug-likeness (QED) is 0.713. The van der Waals surface area contributed by atoms with Gasteiger partial charge in [-0.3, -0.25) is 9.79 Å². The standard InChI is InChI=1S/C15H10BrClNO2S/c1-7-5-8-10(18-7)6-9(17)15(20-2)13(8)14(19)11-3-4-12(16)21-11/h3-4H,6H2,1-2H3. The van der Waals surface area contributed by atoms with Crippen LogP contribution in [0.1, 0.15) is 23.0 Å². The largest absolute Gasteiger partial charge is 0.495 e. The second-order valence-electron chi connectivity index (χ2n) is 4.57. The lowest BCUT2D eigenvalue weighted by Gasteiger charge is -2.19. The van der Waals surface area contributed by atoms with Crippen LogP contribution >= 0.6 is 38.9 Å². The normalized spacial score (nSPS) is 17.7. The van der Waals surface area contributed by atoms with E-state index in [1.165, 1.54) is 18.4 Å². The van der Waals surface area contributed by atoms with Crippen molar-refractivity contribution in [3.05, 3.63) is 54.5 Å². The molecule has 0 unspecified atom stereocenters. The number of hydrogen-bond donors (Lipinski definition) is 0. The Balaban J connectivity index is 2.17. The first-order chi connectivity index (χ1) is 10.0. The van der Waals surface area contributed by atoms with Crippen LogP contribution in [-0.2, 0) is 4.74 Å². The SMILES string of the molecule is COC1=C(Cl)CC2=NC(C)=[C]C2=C1C(=O)c1ccc(Br)s1. The lowest BCUT2D eigenvalue weighted by molar-refractivity contribution is 0.103. The minimum Gasteiger partial charge on any atom is -0.495 e. The van der Waals surface area contributed by atoms with Gasteiger partial charge in [0, 0.05) is 23.8 Å². The van der Waals surface area contributed by atoms with Crippen molar-refractivity contribution in [3.8, 4) is 0 Å². The molecule has 0 amide bonds. The predicted molar refractivity (Wildman–Crippen MR) is 87.7 cm³/mol. The van der Waals surface area contributed by atoms with E-state index in [4.69, 9.17) is 16.3 Å². The van der Waals surface area contributed by atoms with Crippen molar-refractivity contribution in [2.75, 3.05) is 7.11 Å². The van der Waals surface area contributed by atoms with Gasteiger partial charge in [-0.2, -0.15) is 0 Å². The zero-order valence-corrected chi connectivity index (χ0v) is 14.4. The van der Waals surface area contributed by atoms with Gasteiger partial charge < -0.3 is 4.74 Å². The van der Waals surface area contributed by atoms with Crippen molar-refractivity contribution in [3.63, 3.8) is 0 Å². The Kier molecular flexibility index (Phi) is 3.90. The van der Waals surface area contributed by atoms with Gasteiger partial charge >= 0.3 is 0 Å². The Bertz CT molecular complexity index is 770. The highest BCUT2D eigenvalue weighted by Crippen LogP contribution is 2.38. The number of fused-ring (bicyclic) bond motifs is 1. The second-order valence-corrected chi connectivity index (χ2v) is 7.49. The maximum absolute atomic E-state index is 12.8. The van der Waals surface area contributed by atoms with E-state index in [-0.39, 0.29) is 5.78 Å². The maximum atomic E-state index is 12.8. The van der Waals surface area contributed by atoms with Crippen LogP contribution in [0.5, 0.6) is 0 Å².